The van der Waals surface area contributed by atoms with Crippen LogP contribution in [-0.2, 0) is 10.2 Å². The first-order chi connectivity index (χ1) is 12.0. The molecular formula is C21H22ClNO2. The molecule has 1 fully saturated rings. The molecule has 4 heteroatoms. The minimum absolute atomic E-state index is 0.0284. The van der Waals surface area contributed by atoms with Crippen LogP contribution in [0.15, 0.2) is 54.6 Å². The number of likely N-dealkylation sites (tertiary alicyclic amines) is 1. The lowest BCUT2D eigenvalue weighted by Gasteiger charge is -2.40. The molecular weight excluding hydrogens is 334 g/mol. The number of hydrogen-bond acceptors (Lipinski definition) is 3. The largest absolute Gasteiger partial charge is 0.299 e. The fraction of sp³-hybridized carbons (Fsp3) is 0.333. The van der Waals surface area contributed by atoms with Gasteiger partial charge in [0.25, 0.3) is 0 Å². The molecule has 1 aliphatic heterocycles. The van der Waals surface area contributed by atoms with Gasteiger partial charge in [-0.05, 0) is 50.6 Å². The summed E-state index contributed by atoms with van der Waals surface area (Å²) in [5.41, 5.74) is 1.22. The zero-order valence-electron chi connectivity index (χ0n) is 14.4. The smallest absolute Gasteiger partial charge is 0.178 e. The van der Waals surface area contributed by atoms with E-state index in [2.05, 4.69) is 4.90 Å². The number of halogens is 1. The predicted molar refractivity (Wildman–Crippen MR) is 100 cm³/mol. The van der Waals surface area contributed by atoms with Gasteiger partial charge in [-0.1, -0.05) is 54.1 Å². The molecule has 1 heterocycles. The van der Waals surface area contributed by atoms with E-state index in [1.165, 1.54) is 0 Å². The van der Waals surface area contributed by atoms with Gasteiger partial charge in [-0.2, -0.15) is 0 Å². The van der Waals surface area contributed by atoms with Gasteiger partial charge in [0.05, 0.1) is 17.0 Å². The molecule has 0 N–H and O–H groups in total. The third-order valence-electron chi connectivity index (χ3n) is 5.25. The summed E-state index contributed by atoms with van der Waals surface area (Å²) in [5, 5.41) is 0.492. The zero-order valence-corrected chi connectivity index (χ0v) is 15.1. The molecule has 0 bridgehead atoms. The second kappa shape index (κ2) is 7.51. The van der Waals surface area contributed by atoms with Gasteiger partial charge in [0.15, 0.2) is 5.78 Å². The van der Waals surface area contributed by atoms with Crippen LogP contribution in [0.3, 0.4) is 0 Å². The summed E-state index contributed by atoms with van der Waals surface area (Å²) in [4.78, 5) is 27.0. The van der Waals surface area contributed by atoms with E-state index in [0.717, 1.165) is 31.5 Å². The van der Waals surface area contributed by atoms with E-state index in [1.807, 2.05) is 42.5 Å². The van der Waals surface area contributed by atoms with Gasteiger partial charge in [0, 0.05) is 5.56 Å². The lowest BCUT2D eigenvalue weighted by atomic mass is 9.70. The Hall–Kier alpha value is -1.97. The molecule has 3 rings (SSSR count). The third kappa shape index (κ3) is 3.68. The molecule has 0 unspecified atom stereocenters. The van der Waals surface area contributed by atoms with Crippen LogP contribution < -0.4 is 0 Å². The van der Waals surface area contributed by atoms with Crippen LogP contribution >= 0.6 is 11.6 Å². The molecule has 3 nitrogen and oxygen atoms in total. The van der Waals surface area contributed by atoms with E-state index < -0.39 is 5.41 Å². The molecule has 1 saturated heterocycles. The second-order valence-electron chi connectivity index (χ2n) is 6.68. The summed E-state index contributed by atoms with van der Waals surface area (Å²) in [6.45, 7) is 3.47. The molecule has 25 heavy (non-hydrogen) atoms. The highest BCUT2D eigenvalue weighted by Gasteiger charge is 2.40. The lowest BCUT2D eigenvalue weighted by molar-refractivity contribution is -0.124. The van der Waals surface area contributed by atoms with E-state index in [0.29, 0.717) is 17.1 Å². The number of nitrogens with zero attached hydrogens (tertiary/aromatic N) is 1. The predicted octanol–water partition coefficient (Wildman–Crippen LogP) is 4.15. The van der Waals surface area contributed by atoms with E-state index in [-0.39, 0.29) is 11.6 Å². The number of carbonyl (C=O) groups is 2. The first-order valence-electron chi connectivity index (χ1n) is 8.59. The lowest BCUT2D eigenvalue weighted by Crippen LogP contribution is -2.47. The summed E-state index contributed by atoms with van der Waals surface area (Å²) in [5.74, 6) is 0.233. The van der Waals surface area contributed by atoms with Gasteiger partial charge in [-0.25, -0.2) is 0 Å². The van der Waals surface area contributed by atoms with Crippen LogP contribution in [0.1, 0.15) is 35.7 Å². The topological polar surface area (TPSA) is 37.4 Å². The number of ketones is 2. The fourth-order valence-electron chi connectivity index (χ4n) is 3.67. The number of piperidine rings is 1. The summed E-state index contributed by atoms with van der Waals surface area (Å²) < 4.78 is 0. The molecule has 0 saturated carbocycles. The molecule has 2 aromatic carbocycles. The number of hydrogen-bond donors (Lipinski definition) is 0. The molecule has 130 valence electrons. The minimum Gasteiger partial charge on any atom is -0.299 e. The van der Waals surface area contributed by atoms with E-state index >= 15 is 0 Å². The van der Waals surface area contributed by atoms with E-state index in [4.69, 9.17) is 11.6 Å². The third-order valence-corrected chi connectivity index (χ3v) is 5.58. The van der Waals surface area contributed by atoms with Crippen molar-refractivity contribution in [3.05, 3.63) is 70.7 Å². The van der Waals surface area contributed by atoms with Crippen molar-refractivity contribution in [3.63, 3.8) is 0 Å². The van der Waals surface area contributed by atoms with Crippen LogP contribution in [0.2, 0.25) is 5.02 Å². The zero-order chi connectivity index (χ0) is 17.9. The molecule has 0 aromatic heterocycles. The SMILES string of the molecule is CC(=O)C1(c2ccccc2)CCN(CC(=O)c2ccccc2Cl)CC1. The Labute approximate surface area is 153 Å². The Bertz CT molecular complexity index is 764. The molecule has 2 aromatic rings. The van der Waals surface area contributed by atoms with Gasteiger partial charge in [-0.3, -0.25) is 14.5 Å². The van der Waals surface area contributed by atoms with Gasteiger partial charge in [0.2, 0.25) is 0 Å². The van der Waals surface area contributed by atoms with Crippen molar-refractivity contribution in [1.82, 2.24) is 4.90 Å². The first kappa shape index (κ1) is 17.8. The Morgan fingerprint density at radius 2 is 1.60 bits per heavy atom. The first-order valence-corrected chi connectivity index (χ1v) is 8.97. The molecule has 0 spiro atoms. The highest BCUT2D eigenvalue weighted by molar-refractivity contribution is 6.34. The van der Waals surface area contributed by atoms with Crippen LogP contribution in [0, 0.1) is 0 Å². The van der Waals surface area contributed by atoms with Crippen molar-refractivity contribution in [2.24, 2.45) is 0 Å². The Balaban J connectivity index is 1.70. The number of benzene rings is 2. The summed E-state index contributed by atoms with van der Waals surface area (Å²) >= 11 is 6.12. The number of carbonyl (C=O) groups excluding carboxylic acids is 2. The number of rotatable bonds is 5. The monoisotopic (exact) mass is 355 g/mol. The summed E-state index contributed by atoms with van der Waals surface area (Å²) in [7, 11) is 0. The summed E-state index contributed by atoms with van der Waals surface area (Å²) in [6.07, 6.45) is 1.48. The van der Waals surface area contributed by atoms with Gasteiger partial charge in [-0.15, -0.1) is 0 Å². The standard InChI is InChI=1S/C21H22ClNO2/c1-16(24)21(17-7-3-2-4-8-17)11-13-23(14-12-21)15-20(25)18-9-5-6-10-19(18)22/h2-10H,11-15H2,1H3. The highest BCUT2D eigenvalue weighted by Crippen LogP contribution is 2.36. The maximum Gasteiger partial charge on any atom is 0.178 e. The quantitative estimate of drug-likeness (QED) is 0.756. The molecule has 0 radical (unpaired) electrons. The second-order valence-corrected chi connectivity index (χ2v) is 7.09. The Kier molecular flexibility index (Phi) is 5.36. The van der Waals surface area contributed by atoms with Crippen LogP contribution in [-0.4, -0.2) is 36.1 Å². The van der Waals surface area contributed by atoms with Crippen molar-refractivity contribution in [1.29, 1.82) is 0 Å². The molecule has 0 atom stereocenters. The van der Waals surface area contributed by atoms with E-state index in [9.17, 15) is 9.59 Å². The van der Waals surface area contributed by atoms with Gasteiger partial charge >= 0.3 is 0 Å². The normalized spacial score (nSPS) is 17.2. The van der Waals surface area contributed by atoms with Crippen molar-refractivity contribution >= 4 is 23.2 Å². The Morgan fingerprint density at radius 3 is 2.20 bits per heavy atom. The van der Waals surface area contributed by atoms with E-state index in [1.54, 1.807) is 19.1 Å². The average Bonchev–Trinajstić information content (AvgIpc) is 2.63. The minimum atomic E-state index is -0.425. The number of Topliss-reactive ketones (excluding diaryl/α,β-unsaturated/α-hetero) is 2. The van der Waals surface area contributed by atoms with Gasteiger partial charge < -0.3 is 0 Å². The van der Waals surface area contributed by atoms with Crippen LogP contribution in [0.4, 0.5) is 0 Å². The highest BCUT2D eigenvalue weighted by atomic mass is 35.5. The van der Waals surface area contributed by atoms with Crippen molar-refractivity contribution in [2.75, 3.05) is 19.6 Å². The van der Waals surface area contributed by atoms with Gasteiger partial charge in [0.1, 0.15) is 5.78 Å². The van der Waals surface area contributed by atoms with Crippen molar-refractivity contribution in [2.45, 2.75) is 25.2 Å². The summed E-state index contributed by atoms with van der Waals surface area (Å²) in [6, 6.07) is 17.1. The van der Waals surface area contributed by atoms with Crippen molar-refractivity contribution in [3.8, 4) is 0 Å². The maximum atomic E-state index is 12.5. The fourth-order valence-corrected chi connectivity index (χ4v) is 3.91. The Morgan fingerprint density at radius 1 is 1.00 bits per heavy atom. The molecule has 0 aliphatic carbocycles. The molecule has 0 amide bonds. The molecule has 1 aliphatic rings. The van der Waals surface area contributed by atoms with Crippen molar-refractivity contribution < 1.29 is 9.59 Å². The maximum absolute atomic E-state index is 12.5. The van der Waals surface area contributed by atoms with Crippen LogP contribution in [0.5, 0.6) is 0 Å². The average molecular weight is 356 g/mol. The van der Waals surface area contributed by atoms with Crippen LogP contribution in [0.25, 0.3) is 0 Å².